The van der Waals surface area contributed by atoms with Crippen LogP contribution in [0.3, 0.4) is 0 Å². The number of aryl methyl sites for hydroxylation is 2. The van der Waals surface area contributed by atoms with E-state index in [-0.39, 0.29) is 18.0 Å². The summed E-state index contributed by atoms with van der Waals surface area (Å²) in [6.45, 7) is 1.05. The maximum Gasteiger partial charge on any atom is 0.416 e. The molecule has 4 rings (SSSR count). The summed E-state index contributed by atoms with van der Waals surface area (Å²) >= 11 is 1.27. The van der Waals surface area contributed by atoms with Gasteiger partial charge in [-0.2, -0.15) is 13.2 Å². The van der Waals surface area contributed by atoms with Crippen molar-refractivity contribution >= 4 is 22.9 Å². The second kappa shape index (κ2) is 11.1. The number of nitrogens with one attached hydrogen (secondary N) is 1. The van der Waals surface area contributed by atoms with Crippen molar-refractivity contribution in [2.24, 2.45) is 0 Å². The summed E-state index contributed by atoms with van der Waals surface area (Å²) in [6, 6.07) is 12.1. The van der Waals surface area contributed by atoms with Gasteiger partial charge >= 0.3 is 6.18 Å². The van der Waals surface area contributed by atoms with Crippen LogP contribution in [0.1, 0.15) is 39.5 Å². The van der Waals surface area contributed by atoms with Crippen molar-refractivity contribution in [3.63, 3.8) is 0 Å². The molecule has 182 valence electrons. The van der Waals surface area contributed by atoms with Crippen molar-refractivity contribution in [2.75, 3.05) is 5.32 Å². The average Bonchev–Trinajstić information content (AvgIpc) is 3.53. The number of carbonyl (C=O) groups is 1. The topological polar surface area (TPSA) is 81.9 Å². The predicted molar refractivity (Wildman–Crippen MR) is 125 cm³/mol. The second-order valence-electron chi connectivity index (χ2n) is 7.71. The molecule has 0 atom stereocenters. The van der Waals surface area contributed by atoms with E-state index in [1.165, 1.54) is 29.0 Å². The molecule has 0 bridgehead atoms. The lowest BCUT2D eigenvalue weighted by molar-refractivity contribution is -0.137. The van der Waals surface area contributed by atoms with Crippen molar-refractivity contribution in [1.29, 1.82) is 0 Å². The Morgan fingerprint density at radius 2 is 1.83 bits per heavy atom. The molecule has 0 unspecified atom stereocenters. The number of ether oxygens (including phenoxy) is 1. The first-order chi connectivity index (χ1) is 16.9. The molecule has 4 aromatic rings. The van der Waals surface area contributed by atoms with Crippen LogP contribution in [0.2, 0.25) is 0 Å². The molecule has 0 saturated carbocycles. The van der Waals surface area contributed by atoms with Crippen molar-refractivity contribution in [2.45, 2.75) is 38.6 Å². The third-order valence-corrected chi connectivity index (χ3v) is 5.94. The Hall–Kier alpha value is -3.73. The Balaban J connectivity index is 1.21. The first-order valence-corrected chi connectivity index (χ1v) is 11.7. The van der Waals surface area contributed by atoms with Crippen molar-refractivity contribution < 1.29 is 22.7 Å². The van der Waals surface area contributed by atoms with Crippen LogP contribution in [0.4, 0.5) is 18.9 Å². The number of nitrogens with zero attached hydrogens (tertiary/aromatic N) is 4. The van der Waals surface area contributed by atoms with Crippen LogP contribution < -0.4 is 10.1 Å². The molecule has 0 aliphatic carbocycles. The number of anilines is 1. The lowest BCUT2D eigenvalue weighted by Crippen LogP contribution is -2.13. The van der Waals surface area contributed by atoms with E-state index in [1.54, 1.807) is 11.6 Å². The van der Waals surface area contributed by atoms with Crippen molar-refractivity contribution in [3.05, 3.63) is 88.1 Å². The quantitative estimate of drug-likeness (QED) is 0.286. The number of aromatic nitrogens is 4. The van der Waals surface area contributed by atoms with E-state index in [0.29, 0.717) is 10.8 Å². The first kappa shape index (κ1) is 24.4. The van der Waals surface area contributed by atoms with Crippen molar-refractivity contribution in [3.8, 4) is 5.75 Å². The molecule has 0 spiro atoms. The second-order valence-corrected chi connectivity index (χ2v) is 8.65. The summed E-state index contributed by atoms with van der Waals surface area (Å²) in [4.78, 5) is 16.6. The normalized spacial score (nSPS) is 11.4. The lowest BCUT2D eigenvalue weighted by Gasteiger charge is -2.08. The highest BCUT2D eigenvalue weighted by molar-refractivity contribution is 7.09. The molecule has 0 radical (unpaired) electrons. The van der Waals surface area contributed by atoms with Gasteiger partial charge in [-0.25, -0.2) is 4.98 Å². The maximum absolute atomic E-state index is 12.7. The van der Waals surface area contributed by atoms with Crippen LogP contribution in [-0.4, -0.2) is 25.9 Å². The number of amides is 1. The van der Waals surface area contributed by atoms with E-state index in [4.69, 9.17) is 4.74 Å². The number of hydrogen-bond acceptors (Lipinski definition) is 6. The summed E-state index contributed by atoms with van der Waals surface area (Å²) < 4.78 is 45.6. The molecule has 1 amide bonds. The van der Waals surface area contributed by atoms with Gasteiger partial charge in [-0.15, -0.1) is 16.4 Å². The van der Waals surface area contributed by atoms with Gasteiger partial charge in [0.1, 0.15) is 23.1 Å². The number of thiazole rings is 1. The zero-order valence-electron chi connectivity index (χ0n) is 18.5. The number of benzene rings is 2. The Bertz CT molecular complexity index is 1220. The largest absolute Gasteiger partial charge is 0.486 e. The molecule has 11 heteroatoms. The summed E-state index contributed by atoms with van der Waals surface area (Å²) in [6.07, 6.45) is 2.11. The fourth-order valence-electron chi connectivity index (χ4n) is 3.27. The molecule has 7 nitrogen and oxygen atoms in total. The van der Waals surface area contributed by atoms with Crippen LogP contribution in [0.15, 0.2) is 66.3 Å². The average molecular weight is 502 g/mol. The summed E-state index contributed by atoms with van der Waals surface area (Å²) in [5.41, 5.74) is 0.870. The Morgan fingerprint density at radius 1 is 1.06 bits per heavy atom. The zero-order chi connectivity index (χ0) is 24.7. The molecular formula is C24H22F3N5O2S. The first-order valence-electron chi connectivity index (χ1n) is 10.9. The number of hydrogen-bond donors (Lipinski definition) is 1. The zero-order valence-corrected chi connectivity index (χ0v) is 19.4. The van der Waals surface area contributed by atoms with E-state index in [1.807, 2.05) is 35.1 Å². The van der Waals surface area contributed by atoms with Gasteiger partial charge in [-0.05, 0) is 61.2 Å². The van der Waals surface area contributed by atoms with Crippen LogP contribution >= 0.6 is 11.3 Å². The number of rotatable bonds is 10. The molecule has 2 aromatic carbocycles. The third-order valence-electron chi connectivity index (χ3n) is 5.11. The number of alkyl halides is 3. The van der Waals surface area contributed by atoms with Gasteiger partial charge in [0, 0.05) is 23.8 Å². The molecule has 2 aromatic heterocycles. The molecule has 0 aliphatic heterocycles. The molecule has 0 saturated heterocycles. The van der Waals surface area contributed by atoms with Gasteiger partial charge in [0.05, 0.1) is 11.8 Å². The molecular weight excluding hydrogens is 479 g/mol. The maximum atomic E-state index is 12.7. The fraction of sp³-hybridized carbons (Fsp3) is 0.250. The van der Waals surface area contributed by atoms with Gasteiger partial charge in [0.15, 0.2) is 0 Å². The molecule has 1 N–H and O–H groups in total. The molecule has 0 aliphatic rings. The van der Waals surface area contributed by atoms with Gasteiger partial charge in [0.25, 0.3) is 5.91 Å². The van der Waals surface area contributed by atoms with Gasteiger partial charge < -0.3 is 10.1 Å². The van der Waals surface area contributed by atoms with Crippen LogP contribution in [0.5, 0.6) is 5.75 Å². The van der Waals surface area contributed by atoms with Gasteiger partial charge in [0.2, 0.25) is 0 Å². The highest BCUT2D eigenvalue weighted by Crippen LogP contribution is 2.30. The minimum absolute atomic E-state index is 0.176. The van der Waals surface area contributed by atoms with Crippen LogP contribution in [0.25, 0.3) is 0 Å². The standard InChI is InChI=1S/C24H22F3N5O2S/c25-24(26,27)18-6-8-19(9-7-18)29-23(33)21-16-35-22(30-21)15-34-20-10-4-17(5-11-20)3-1-2-13-32-14-12-28-31-32/h4-12,14,16H,1-3,13,15H2,(H,29,33). The third kappa shape index (κ3) is 7.12. The van der Waals surface area contributed by atoms with E-state index < -0.39 is 17.6 Å². The van der Waals surface area contributed by atoms with Crippen LogP contribution in [-0.2, 0) is 25.7 Å². The van der Waals surface area contributed by atoms with E-state index in [9.17, 15) is 18.0 Å². The SMILES string of the molecule is O=C(Nc1ccc(C(F)(F)F)cc1)c1csc(COc2ccc(CCCCn3ccnn3)cc2)n1. The predicted octanol–water partition coefficient (Wildman–Crippen LogP) is 5.61. The fourth-order valence-corrected chi connectivity index (χ4v) is 3.96. The van der Waals surface area contributed by atoms with E-state index >= 15 is 0 Å². The van der Waals surface area contributed by atoms with E-state index in [2.05, 4.69) is 20.6 Å². The van der Waals surface area contributed by atoms with Crippen LogP contribution in [0, 0.1) is 0 Å². The Labute approximate surface area is 203 Å². The molecule has 35 heavy (non-hydrogen) atoms. The van der Waals surface area contributed by atoms with Crippen molar-refractivity contribution in [1.82, 2.24) is 20.0 Å². The van der Waals surface area contributed by atoms with Gasteiger partial charge in [-0.3, -0.25) is 9.48 Å². The number of unbranched alkanes of at least 4 members (excludes halogenated alkanes) is 1. The molecule has 2 heterocycles. The molecule has 0 fully saturated rings. The number of halogens is 3. The summed E-state index contributed by atoms with van der Waals surface area (Å²) in [5.74, 6) is 0.197. The van der Waals surface area contributed by atoms with E-state index in [0.717, 1.165) is 37.9 Å². The lowest BCUT2D eigenvalue weighted by atomic mass is 10.1. The Kier molecular flexibility index (Phi) is 7.76. The Morgan fingerprint density at radius 3 is 2.51 bits per heavy atom. The highest BCUT2D eigenvalue weighted by Gasteiger charge is 2.30. The smallest absolute Gasteiger partial charge is 0.416 e. The number of carbonyl (C=O) groups excluding carboxylic acids is 1. The summed E-state index contributed by atoms with van der Waals surface area (Å²) in [7, 11) is 0. The van der Waals surface area contributed by atoms with Gasteiger partial charge in [-0.1, -0.05) is 17.3 Å². The monoisotopic (exact) mass is 501 g/mol. The summed E-state index contributed by atoms with van der Waals surface area (Å²) in [5, 5.41) is 12.5. The highest BCUT2D eigenvalue weighted by atomic mass is 32.1. The minimum atomic E-state index is -4.42. The minimum Gasteiger partial charge on any atom is -0.486 e.